The van der Waals surface area contributed by atoms with Gasteiger partial charge >= 0.3 is 5.97 Å². The molecule has 3 rings (SSSR count). The molecule has 1 atom stereocenters. The SMILES string of the molecule is C=C(/C=C\C=C/C)Nc1cccc(OCC(O)CN(CCOc2ccccc2OC)C(=O)/C=C/c2ccc(OC(=O)CCCO[N+](=O)[O-])c(OC)c2)c1C. The van der Waals surface area contributed by atoms with Gasteiger partial charge in [0.05, 0.1) is 33.9 Å². The number of nitrogens with zero attached hydrogens (tertiary/aromatic N) is 2. The molecule has 0 bridgehead atoms. The highest BCUT2D eigenvalue weighted by Crippen LogP contribution is 2.30. The summed E-state index contributed by atoms with van der Waals surface area (Å²) in [5.74, 6) is 0.962. The van der Waals surface area contributed by atoms with Gasteiger partial charge in [0, 0.05) is 29.4 Å². The van der Waals surface area contributed by atoms with E-state index in [1.807, 2.05) is 62.4 Å². The van der Waals surface area contributed by atoms with Crippen molar-refractivity contribution in [3.8, 4) is 28.7 Å². The molecule has 54 heavy (non-hydrogen) atoms. The van der Waals surface area contributed by atoms with E-state index in [2.05, 4.69) is 16.7 Å². The Labute approximate surface area is 315 Å². The van der Waals surface area contributed by atoms with Gasteiger partial charge in [0.15, 0.2) is 23.0 Å². The molecule has 0 aliphatic heterocycles. The van der Waals surface area contributed by atoms with Crippen LogP contribution in [0.25, 0.3) is 6.08 Å². The van der Waals surface area contributed by atoms with E-state index in [-0.39, 0.29) is 57.3 Å². The summed E-state index contributed by atoms with van der Waals surface area (Å²) in [5.41, 5.74) is 2.89. The van der Waals surface area contributed by atoms with Gasteiger partial charge in [-0.2, -0.15) is 0 Å². The number of aliphatic hydroxyl groups excluding tert-OH is 1. The molecular formula is C40H47N3O11. The van der Waals surface area contributed by atoms with Crippen LogP contribution in [0.2, 0.25) is 0 Å². The second-order valence-electron chi connectivity index (χ2n) is 11.6. The molecule has 3 aromatic carbocycles. The van der Waals surface area contributed by atoms with Crippen LogP contribution in [-0.4, -0.2) is 80.2 Å². The number of benzene rings is 3. The summed E-state index contributed by atoms with van der Waals surface area (Å²) in [6, 6.07) is 17.4. The number of ether oxygens (including phenoxy) is 5. The Morgan fingerprint density at radius 3 is 2.41 bits per heavy atom. The Balaban J connectivity index is 1.69. The predicted octanol–water partition coefficient (Wildman–Crippen LogP) is 6.32. The molecule has 0 radical (unpaired) electrons. The molecule has 288 valence electrons. The first kappa shape index (κ1) is 42.1. The normalized spacial score (nSPS) is 11.6. The number of methoxy groups -OCH3 is 2. The van der Waals surface area contributed by atoms with Crippen LogP contribution in [0, 0.1) is 17.0 Å². The maximum atomic E-state index is 13.5. The maximum Gasteiger partial charge on any atom is 0.311 e. The van der Waals surface area contributed by atoms with E-state index in [1.54, 1.807) is 36.4 Å². The second-order valence-corrected chi connectivity index (χ2v) is 11.6. The fourth-order valence-corrected chi connectivity index (χ4v) is 4.87. The number of esters is 1. The quantitative estimate of drug-likeness (QED) is 0.0211. The third kappa shape index (κ3) is 14.4. The van der Waals surface area contributed by atoms with Gasteiger partial charge in [-0.1, -0.05) is 49.1 Å². The minimum Gasteiger partial charge on any atom is -0.493 e. The Kier molecular flexibility index (Phi) is 17.6. The molecule has 0 heterocycles. The summed E-state index contributed by atoms with van der Waals surface area (Å²) in [7, 11) is 2.94. The molecule has 14 heteroatoms. The summed E-state index contributed by atoms with van der Waals surface area (Å²) in [4.78, 5) is 41.7. The van der Waals surface area contributed by atoms with Crippen LogP contribution in [0.3, 0.4) is 0 Å². The molecule has 2 N–H and O–H groups in total. The van der Waals surface area contributed by atoms with E-state index < -0.39 is 23.1 Å². The number of hydrogen-bond acceptors (Lipinski definition) is 12. The van der Waals surface area contributed by atoms with Gasteiger partial charge in [0.25, 0.3) is 5.09 Å². The molecule has 0 saturated carbocycles. The molecule has 0 aliphatic rings. The zero-order valence-electron chi connectivity index (χ0n) is 30.9. The average molecular weight is 746 g/mol. The van der Waals surface area contributed by atoms with Crippen molar-refractivity contribution in [1.29, 1.82) is 0 Å². The van der Waals surface area contributed by atoms with Gasteiger partial charge in [-0.05, 0) is 74.4 Å². The van der Waals surface area contributed by atoms with Crippen molar-refractivity contribution in [3.05, 3.63) is 125 Å². The van der Waals surface area contributed by atoms with Crippen LogP contribution in [-0.2, 0) is 14.4 Å². The van der Waals surface area contributed by atoms with Crippen LogP contribution in [0.5, 0.6) is 28.7 Å². The Hall–Kier alpha value is -6.28. The standard InChI is InChI=1S/C40H47N3O11/c1-6-7-8-13-29(2)41-33-14-11-17-34(30(33)3)52-28-32(44)27-42(23-25-51-36-16-10-9-15-35(36)49-4)39(45)22-20-31-19-21-37(38(26-31)50-5)54-40(46)18-12-24-53-43(47)48/h6-11,13-17,19-22,26,32,41,44H,2,12,18,23-25,27-28H2,1,3-5H3/b7-6-,13-8-,22-20+. The van der Waals surface area contributed by atoms with Gasteiger partial charge in [0.1, 0.15) is 25.1 Å². The first-order valence-electron chi connectivity index (χ1n) is 17.1. The lowest BCUT2D eigenvalue weighted by molar-refractivity contribution is -0.757. The number of hydrogen-bond donors (Lipinski definition) is 2. The zero-order valence-corrected chi connectivity index (χ0v) is 30.9. The Morgan fingerprint density at radius 1 is 0.944 bits per heavy atom. The van der Waals surface area contributed by atoms with Crippen LogP contribution in [0.1, 0.15) is 30.9 Å². The number of rotatable bonds is 23. The third-order valence-electron chi connectivity index (χ3n) is 7.59. The largest absolute Gasteiger partial charge is 0.493 e. The maximum absolute atomic E-state index is 13.5. The lowest BCUT2D eigenvalue weighted by Gasteiger charge is -2.25. The highest BCUT2D eigenvalue weighted by Gasteiger charge is 2.18. The first-order chi connectivity index (χ1) is 26.0. The van der Waals surface area contributed by atoms with Crippen LogP contribution >= 0.6 is 0 Å². The molecule has 14 nitrogen and oxygen atoms in total. The molecular weight excluding hydrogens is 698 g/mol. The van der Waals surface area contributed by atoms with E-state index in [1.165, 1.54) is 31.3 Å². The van der Waals surface area contributed by atoms with Crippen molar-refractivity contribution < 1.29 is 48.3 Å². The zero-order chi connectivity index (χ0) is 39.3. The number of para-hydroxylation sites is 2. The highest BCUT2D eigenvalue weighted by molar-refractivity contribution is 5.92. The number of carbonyl (C=O) groups excluding carboxylic acids is 2. The molecule has 0 saturated heterocycles. The van der Waals surface area contributed by atoms with E-state index in [0.29, 0.717) is 28.5 Å². The van der Waals surface area contributed by atoms with Crippen molar-refractivity contribution in [2.75, 3.05) is 52.4 Å². The van der Waals surface area contributed by atoms with Gasteiger partial charge in [-0.3, -0.25) is 9.59 Å². The summed E-state index contributed by atoms with van der Waals surface area (Å²) in [6.07, 6.45) is 9.40. The van der Waals surface area contributed by atoms with Crippen molar-refractivity contribution in [2.45, 2.75) is 32.8 Å². The fourth-order valence-electron chi connectivity index (χ4n) is 4.87. The van der Waals surface area contributed by atoms with Gasteiger partial charge < -0.3 is 43.8 Å². The average Bonchev–Trinajstić information content (AvgIpc) is 3.16. The van der Waals surface area contributed by atoms with Crippen molar-refractivity contribution in [2.24, 2.45) is 0 Å². The lowest BCUT2D eigenvalue weighted by Crippen LogP contribution is -2.41. The van der Waals surface area contributed by atoms with Crippen LogP contribution in [0.15, 0.2) is 103 Å². The number of amides is 1. The first-order valence-corrected chi connectivity index (χ1v) is 17.1. The molecule has 3 aromatic rings. The highest BCUT2D eigenvalue weighted by atomic mass is 16.9. The van der Waals surface area contributed by atoms with E-state index in [9.17, 15) is 24.8 Å². The Morgan fingerprint density at radius 2 is 1.69 bits per heavy atom. The second kappa shape index (κ2) is 22.6. The number of anilines is 1. The number of carbonyl (C=O) groups is 2. The molecule has 0 aromatic heterocycles. The van der Waals surface area contributed by atoms with Gasteiger partial charge in [-0.15, -0.1) is 10.1 Å². The minimum atomic E-state index is -1.05. The molecule has 1 amide bonds. The molecule has 0 aliphatic carbocycles. The minimum absolute atomic E-state index is 0.0626. The number of aliphatic hydroxyl groups is 1. The topological polar surface area (TPSA) is 168 Å². The summed E-state index contributed by atoms with van der Waals surface area (Å²) < 4.78 is 28.0. The van der Waals surface area contributed by atoms with Gasteiger partial charge in [-0.25, -0.2) is 0 Å². The van der Waals surface area contributed by atoms with Crippen molar-refractivity contribution in [1.82, 2.24) is 4.90 Å². The summed E-state index contributed by atoms with van der Waals surface area (Å²) in [6.45, 7) is 7.70. The monoisotopic (exact) mass is 745 g/mol. The number of nitrogens with one attached hydrogen (secondary N) is 1. The van der Waals surface area contributed by atoms with Crippen molar-refractivity contribution in [3.63, 3.8) is 0 Å². The smallest absolute Gasteiger partial charge is 0.311 e. The van der Waals surface area contributed by atoms with Gasteiger partial charge in [0.2, 0.25) is 5.91 Å². The van der Waals surface area contributed by atoms with E-state index in [0.717, 1.165) is 11.3 Å². The predicted molar refractivity (Wildman–Crippen MR) is 204 cm³/mol. The molecule has 0 fully saturated rings. The number of allylic oxidation sites excluding steroid dienone is 4. The third-order valence-corrected chi connectivity index (χ3v) is 7.59. The van der Waals surface area contributed by atoms with Crippen LogP contribution in [0.4, 0.5) is 5.69 Å². The van der Waals surface area contributed by atoms with Crippen LogP contribution < -0.4 is 29.0 Å². The van der Waals surface area contributed by atoms with E-state index >= 15 is 0 Å². The Bertz CT molecular complexity index is 1810. The van der Waals surface area contributed by atoms with E-state index in [4.69, 9.17) is 23.7 Å². The van der Waals surface area contributed by atoms with Crippen molar-refractivity contribution >= 4 is 23.6 Å². The molecule has 1 unspecified atom stereocenters. The summed E-state index contributed by atoms with van der Waals surface area (Å²) in [5, 5.41) is 23.7. The summed E-state index contributed by atoms with van der Waals surface area (Å²) >= 11 is 0. The molecule has 0 spiro atoms. The lowest BCUT2D eigenvalue weighted by atomic mass is 10.1. The fraction of sp³-hybridized carbons (Fsp3) is 0.300.